The summed E-state index contributed by atoms with van der Waals surface area (Å²) in [6.07, 6.45) is -2.68. The van der Waals surface area contributed by atoms with Crippen LogP contribution in [0.15, 0.2) is 36.4 Å². The highest BCUT2D eigenvalue weighted by Crippen LogP contribution is 2.30. The number of aromatic hydroxyl groups is 1. The lowest BCUT2D eigenvalue weighted by atomic mass is 9.95. The Morgan fingerprint density at radius 2 is 1.61 bits per heavy atom. The Morgan fingerprint density at radius 3 is 2.20 bits per heavy atom. The predicted octanol–water partition coefficient (Wildman–Crippen LogP) is -0.465. The highest BCUT2D eigenvalue weighted by Gasteiger charge is 2.32. The van der Waals surface area contributed by atoms with Crippen LogP contribution in [0.25, 0.3) is 11.1 Å². The average Bonchev–Trinajstić information content (AvgIpc) is 2.93. The van der Waals surface area contributed by atoms with Crippen LogP contribution in [0.2, 0.25) is 5.02 Å². The maximum absolute atomic E-state index is 13.4. The molecule has 2 aromatic carbocycles. The summed E-state index contributed by atoms with van der Waals surface area (Å²) in [5.74, 6) is -5.24. The number of aliphatic hydroxyl groups excluding tert-OH is 1. The number of halogens is 1. The number of carbonyl (C=O) groups excluding carboxylic acids is 4. The summed E-state index contributed by atoms with van der Waals surface area (Å²) >= 11 is 6.45. The second-order valence-electron chi connectivity index (χ2n) is 9.97. The van der Waals surface area contributed by atoms with Crippen molar-refractivity contribution in [1.82, 2.24) is 16.0 Å². The lowest BCUT2D eigenvalue weighted by Crippen LogP contribution is -2.59. The van der Waals surface area contributed by atoms with Gasteiger partial charge in [0.2, 0.25) is 23.6 Å². The van der Waals surface area contributed by atoms with Gasteiger partial charge in [-0.1, -0.05) is 38.6 Å². The number of amides is 4. The van der Waals surface area contributed by atoms with Gasteiger partial charge in [-0.3, -0.25) is 24.0 Å². The first-order chi connectivity index (χ1) is 19.8. The summed E-state index contributed by atoms with van der Waals surface area (Å²) in [5.41, 5.74) is 18.9. The standard InChI is InChI=1S/C27H33ClN6O8.2CH4/c28-17-3-1-12-5-14(17)8-20(26(41)32-19(24(31)39)10-23(37)38)34-27(42)21(9-16(35)11-29)33-25(40)18(30)7-15-6-13(12)2-4-22(15)36;;/h1-6,16,18-21,35-36H,7-11,29-30H2,(H2,31,39)(H,32,41)(H,33,40)(H,34,42)(H,37,38);2*1H4/t16-,18+,19+,20+,21+;;/m1../s1. The summed E-state index contributed by atoms with van der Waals surface area (Å²) < 4.78 is 0. The van der Waals surface area contributed by atoms with Crippen molar-refractivity contribution in [3.63, 3.8) is 0 Å². The van der Waals surface area contributed by atoms with Gasteiger partial charge in [0.25, 0.3) is 0 Å². The zero-order valence-electron chi connectivity index (χ0n) is 22.4. The molecule has 0 saturated carbocycles. The third kappa shape index (κ3) is 9.91. The number of carboxylic acids is 1. The number of carboxylic acid groups (broad SMARTS) is 1. The molecule has 242 valence electrons. The highest BCUT2D eigenvalue weighted by atomic mass is 35.5. The number of aliphatic hydroxyl groups is 1. The third-order valence-corrected chi connectivity index (χ3v) is 7.11. The number of fused-ring (bicyclic) bond motifs is 5. The summed E-state index contributed by atoms with van der Waals surface area (Å²) in [6, 6.07) is 3.99. The molecular weight excluding hydrogens is 596 g/mol. The van der Waals surface area contributed by atoms with Crippen LogP contribution < -0.4 is 33.2 Å². The summed E-state index contributed by atoms with van der Waals surface area (Å²) in [7, 11) is 0. The number of hydrogen-bond acceptors (Lipinski definition) is 9. The van der Waals surface area contributed by atoms with Crippen molar-refractivity contribution in [2.75, 3.05) is 6.54 Å². The number of aliphatic carboxylic acids is 1. The predicted molar refractivity (Wildman–Crippen MR) is 164 cm³/mol. The molecule has 0 saturated heterocycles. The molecule has 4 bridgehead atoms. The van der Waals surface area contributed by atoms with Gasteiger partial charge < -0.3 is 48.5 Å². The van der Waals surface area contributed by atoms with Gasteiger partial charge >= 0.3 is 5.97 Å². The van der Waals surface area contributed by atoms with Gasteiger partial charge in [-0.2, -0.15) is 0 Å². The molecule has 1 heterocycles. The Hall–Kier alpha value is -4.24. The zero-order valence-corrected chi connectivity index (χ0v) is 23.1. The molecule has 1 aliphatic rings. The second kappa shape index (κ2) is 16.6. The van der Waals surface area contributed by atoms with E-state index in [-0.39, 0.29) is 51.4 Å². The van der Waals surface area contributed by atoms with E-state index in [1.54, 1.807) is 30.3 Å². The number of phenolic OH excluding ortho intramolecular Hbond substituents is 1. The molecule has 0 unspecified atom stereocenters. The molecule has 0 aliphatic carbocycles. The molecule has 5 atom stereocenters. The Kier molecular flexibility index (Phi) is 14.2. The molecule has 0 aromatic heterocycles. The van der Waals surface area contributed by atoms with Gasteiger partial charge in [0.05, 0.1) is 18.6 Å². The first-order valence-electron chi connectivity index (χ1n) is 13.0. The Morgan fingerprint density at radius 1 is 1.00 bits per heavy atom. The monoisotopic (exact) mass is 636 g/mol. The zero-order chi connectivity index (χ0) is 31.1. The minimum atomic E-state index is -1.59. The molecule has 3 rings (SSSR count). The molecule has 15 heteroatoms. The van der Waals surface area contributed by atoms with Crippen LogP contribution in [0.4, 0.5) is 0 Å². The normalized spacial score (nSPS) is 19.7. The van der Waals surface area contributed by atoms with Crippen molar-refractivity contribution < 1.29 is 39.3 Å². The van der Waals surface area contributed by atoms with Crippen LogP contribution in [0.5, 0.6) is 5.75 Å². The molecule has 0 spiro atoms. The van der Waals surface area contributed by atoms with Gasteiger partial charge in [-0.15, -0.1) is 0 Å². The molecule has 12 N–H and O–H groups in total. The van der Waals surface area contributed by atoms with Crippen LogP contribution in [0, 0.1) is 0 Å². The van der Waals surface area contributed by atoms with E-state index in [0.717, 1.165) is 0 Å². The molecule has 0 fully saturated rings. The van der Waals surface area contributed by atoms with Gasteiger partial charge in [0.1, 0.15) is 23.9 Å². The SMILES string of the molecule is C.C.NC[C@H](O)C[C@@H]1NC(=O)[C@@H](N)Cc2cc(ccc2O)-c2ccc(Cl)c(c2)C[C@@H](C(=O)N[C@@H](CC(=O)O)C(N)=O)NC1=O. The van der Waals surface area contributed by atoms with Gasteiger partial charge in [-0.25, -0.2) is 0 Å². The molecule has 4 amide bonds. The quantitative estimate of drug-likeness (QED) is 0.180. The molecular formula is C29H41ClN6O8. The highest BCUT2D eigenvalue weighted by molar-refractivity contribution is 6.31. The Balaban J connectivity index is 0.00000484. The van der Waals surface area contributed by atoms with Crippen LogP contribution >= 0.6 is 11.6 Å². The van der Waals surface area contributed by atoms with E-state index < -0.39 is 66.3 Å². The largest absolute Gasteiger partial charge is 0.508 e. The van der Waals surface area contributed by atoms with E-state index in [1.165, 1.54) is 6.07 Å². The summed E-state index contributed by atoms with van der Waals surface area (Å²) in [5, 5.41) is 37.1. The smallest absolute Gasteiger partial charge is 0.305 e. The molecule has 14 nitrogen and oxygen atoms in total. The maximum Gasteiger partial charge on any atom is 0.305 e. The van der Waals surface area contributed by atoms with E-state index >= 15 is 0 Å². The second-order valence-corrected chi connectivity index (χ2v) is 10.4. The minimum Gasteiger partial charge on any atom is -0.508 e. The lowest BCUT2D eigenvalue weighted by molar-refractivity contribution is -0.140. The maximum atomic E-state index is 13.4. The first-order valence-corrected chi connectivity index (χ1v) is 13.3. The van der Waals surface area contributed by atoms with Crippen molar-refractivity contribution in [2.24, 2.45) is 17.2 Å². The lowest BCUT2D eigenvalue weighted by Gasteiger charge is -2.26. The minimum absolute atomic E-state index is 0. The number of primary amides is 1. The molecule has 0 radical (unpaired) electrons. The van der Waals surface area contributed by atoms with Crippen LogP contribution in [-0.2, 0) is 36.8 Å². The first kappa shape index (κ1) is 37.8. The van der Waals surface area contributed by atoms with Crippen molar-refractivity contribution in [3.05, 3.63) is 52.5 Å². The van der Waals surface area contributed by atoms with Gasteiger partial charge in [0, 0.05) is 30.8 Å². The summed E-state index contributed by atoms with van der Waals surface area (Å²) in [6.45, 7) is -0.242. The molecule has 2 aromatic rings. The fraction of sp³-hybridized carbons (Fsp3) is 0.414. The number of nitrogens with one attached hydrogen (secondary N) is 3. The number of benzene rings is 2. The fourth-order valence-corrected chi connectivity index (χ4v) is 4.61. The Labute approximate surface area is 260 Å². The van der Waals surface area contributed by atoms with Crippen LogP contribution in [0.1, 0.15) is 38.8 Å². The van der Waals surface area contributed by atoms with Gasteiger partial charge in [0.15, 0.2) is 0 Å². The van der Waals surface area contributed by atoms with E-state index in [0.29, 0.717) is 22.3 Å². The third-order valence-electron chi connectivity index (χ3n) is 6.74. The van der Waals surface area contributed by atoms with Crippen molar-refractivity contribution in [1.29, 1.82) is 0 Å². The Bertz CT molecular complexity index is 1370. The van der Waals surface area contributed by atoms with Gasteiger partial charge in [-0.05, 0) is 46.5 Å². The van der Waals surface area contributed by atoms with Crippen LogP contribution in [-0.4, -0.2) is 81.7 Å². The van der Waals surface area contributed by atoms with E-state index in [1.807, 2.05) is 0 Å². The number of carbonyl (C=O) groups is 5. The summed E-state index contributed by atoms with van der Waals surface area (Å²) in [4.78, 5) is 62.8. The molecule has 1 aliphatic heterocycles. The number of nitrogens with two attached hydrogens (primary N) is 3. The van der Waals surface area contributed by atoms with Crippen molar-refractivity contribution in [3.8, 4) is 16.9 Å². The number of phenols is 1. The van der Waals surface area contributed by atoms with Crippen LogP contribution in [0.3, 0.4) is 0 Å². The van der Waals surface area contributed by atoms with E-state index in [4.69, 9.17) is 33.9 Å². The van der Waals surface area contributed by atoms with E-state index in [2.05, 4.69) is 16.0 Å². The fourth-order valence-electron chi connectivity index (χ4n) is 4.42. The van der Waals surface area contributed by atoms with E-state index in [9.17, 15) is 34.2 Å². The average molecular weight is 637 g/mol. The molecule has 44 heavy (non-hydrogen) atoms. The number of hydrogen-bond donors (Lipinski definition) is 9. The van der Waals surface area contributed by atoms with Crippen molar-refractivity contribution >= 4 is 41.2 Å². The number of rotatable bonds is 8. The topological polar surface area (TPSA) is 260 Å². The van der Waals surface area contributed by atoms with Crippen molar-refractivity contribution in [2.45, 2.75) is 70.8 Å².